The van der Waals surface area contributed by atoms with Crippen LogP contribution in [0.3, 0.4) is 0 Å². The number of rotatable bonds is 4. The van der Waals surface area contributed by atoms with Crippen LogP contribution in [0.2, 0.25) is 0 Å². The predicted octanol–water partition coefficient (Wildman–Crippen LogP) is 5.25. The van der Waals surface area contributed by atoms with Crippen molar-refractivity contribution in [2.24, 2.45) is 0 Å². The molecule has 0 saturated heterocycles. The van der Waals surface area contributed by atoms with Crippen molar-refractivity contribution in [3.63, 3.8) is 0 Å². The molecule has 20 heavy (non-hydrogen) atoms. The van der Waals surface area contributed by atoms with Crippen molar-refractivity contribution in [1.82, 2.24) is 0 Å². The highest BCUT2D eigenvalue weighted by Crippen LogP contribution is 2.32. The molecule has 0 fully saturated rings. The average molecular weight is 299 g/mol. The number of aryl methyl sites for hydroxylation is 2. The van der Waals surface area contributed by atoms with Gasteiger partial charge in [-0.25, -0.2) is 0 Å². The number of halogens is 3. The Balaban J connectivity index is 2.12. The van der Waals surface area contributed by atoms with E-state index in [1.54, 1.807) is 18.3 Å². The van der Waals surface area contributed by atoms with E-state index in [1.165, 1.54) is 17.0 Å². The maximum atomic E-state index is 12.7. The van der Waals surface area contributed by atoms with Crippen molar-refractivity contribution in [1.29, 1.82) is 0 Å². The topological polar surface area (TPSA) is 12.0 Å². The summed E-state index contributed by atoms with van der Waals surface area (Å²) in [6.45, 7) is 4.43. The van der Waals surface area contributed by atoms with Crippen LogP contribution in [0.4, 0.5) is 18.9 Å². The maximum absolute atomic E-state index is 12.7. The zero-order valence-electron chi connectivity index (χ0n) is 11.3. The summed E-state index contributed by atoms with van der Waals surface area (Å²) in [5.74, 6) is 0. The number of hydrogen-bond donors (Lipinski definition) is 1. The molecule has 1 aromatic heterocycles. The molecule has 2 aromatic rings. The highest BCUT2D eigenvalue weighted by atomic mass is 32.1. The molecular formula is C15H16F3NS. The molecule has 0 amide bonds. The summed E-state index contributed by atoms with van der Waals surface area (Å²) < 4.78 is 38.1. The first-order valence-corrected chi connectivity index (χ1v) is 7.21. The van der Waals surface area contributed by atoms with E-state index in [1.807, 2.05) is 6.07 Å². The molecule has 1 nitrogen and oxygen atoms in total. The first-order valence-electron chi connectivity index (χ1n) is 6.39. The van der Waals surface area contributed by atoms with E-state index < -0.39 is 11.7 Å². The predicted molar refractivity (Wildman–Crippen MR) is 77.2 cm³/mol. The number of thiophene rings is 1. The lowest BCUT2D eigenvalue weighted by Crippen LogP contribution is -2.07. The van der Waals surface area contributed by atoms with Crippen molar-refractivity contribution in [2.45, 2.75) is 33.0 Å². The Labute approximate surface area is 120 Å². The van der Waals surface area contributed by atoms with E-state index in [2.05, 4.69) is 18.3 Å². The molecule has 5 heteroatoms. The fraction of sp³-hybridized carbons (Fsp3) is 0.333. The normalized spacial score (nSPS) is 11.7. The zero-order valence-corrected chi connectivity index (χ0v) is 12.2. The monoisotopic (exact) mass is 299 g/mol. The van der Waals surface area contributed by atoms with Gasteiger partial charge in [0.05, 0.1) is 5.56 Å². The van der Waals surface area contributed by atoms with Crippen molar-refractivity contribution in [3.05, 3.63) is 51.2 Å². The number of anilines is 1. The Morgan fingerprint density at radius 3 is 2.40 bits per heavy atom. The molecule has 1 heterocycles. The molecule has 0 aliphatic carbocycles. The second-order valence-corrected chi connectivity index (χ2v) is 5.86. The Bertz CT molecular complexity index is 587. The quantitative estimate of drug-likeness (QED) is 0.813. The third-order valence-corrected chi connectivity index (χ3v) is 4.31. The van der Waals surface area contributed by atoms with Gasteiger partial charge in [-0.1, -0.05) is 13.0 Å². The van der Waals surface area contributed by atoms with Gasteiger partial charge in [-0.15, -0.1) is 11.3 Å². The molecule has 0 atom stereocenters. The molecular weight excluding hydrogens is 283 g/mol. The van der Waals surface area contributed by atoms with E-state index in [9.17, 15) is 13.2 Å². The zero-order chi connectivity index (χ0) is 14.8. The van der Waals surface area contributed by atoms with E-state index in [4.69, 9.17) is 0 Å². The highest BCUT2D eigenvalue weighted by Gasteiger charge is 2.30. The molecule has 0 bridgehead atoms. The molecule has 108 valence electrons. The molecule has 0 spiro atoms. The summed E-state index contributed by atoms with van der Waals surface area (Å²) in [7, 11) is 0. The molecule has 0 unspecified atom stereocenters. The number of hydrogen-bond acceptors (Lipinski definition) is 2. The lowest BCUT2D eigenvalue weighted by Gasteiger charge is -2.12. The van der Waals surface area contributed by atoms with Gasteiger partial charge in [-0.2, -0.15) is 13.2 Å². The van der Waals surface area contributed by atoms with E-state index >= 15 is 0 Å². The maximum Gasteiger partial charge on any atom is 0.416 e. The van der Waals surface area contributed by atoms with Gasteiger partial charge in [0, 0.05) is 22.0 Å². The smallest absolute Gasteiger partial charge is 0.380 e. The SMILES string of the molecule is CCc1ccc(CNc2cc(C(F)(F)F)ccc2C)s1. The summed E-state index contributed by atoms with van der Waals surface area (Å²) in [6, 6.07) is 7.85. The summed E-state index contributed by atoms with van der Waals surface area (Å²) in [6.07, 6.45) is -3.32. The van der Waals surface area contributed by atoms with Gasteiger partial charge in [0.25, 0.3) is 0 Å². The molecule has 0 saturated carbocycles. The lowest BCUT2D eigenvalue weighted by molar-refractivity contribution is -0.137. The minimum Gasteiger partial charge on any atom is -0.380 e. The fourth-order valence-electron chi connectivity index (χ4n) is 1.88. The Kier molecular flexibility index (Phi) is 4.38. The molecule has 1 aromatic carbocycles. The number of benzene rings is 1. The van der Waals surface area contributed by atoms with Gasteiger partial charge in [-0.05, 0) is 43.2 Å². The minimum absolute atomic E-state index is 0.534. The summed E-state index contributed by atoms with van der Waals surface area (Å²) in [4.78, 5) is 2.40. The van der Waals surface area contributed by atoms with Crippen molar-refractivity contribution >= 4 is 17.0 Å². The van der Waals surface area contributed by atoms with E-state index in [0.29, 0.717) is 12.2 Å². The van der Waals surface area contributed by atoms with E-state index in [-0.39, 0.29) is 0 Å². The van der Waals surface area contributed by atoms with Gasteiger partial charge in [-0.3, -0.25) is 0 Å². The lowest BCUT2D eigenvalue weighted by atomic mass is 10.1. The average Bonchev–Trinajstić information content (AvgIpc) is 2.84. The van der Waals surface area contributed by atoms with Crippen molar-refractivity contribution < 1.29 is 13.2 Å². The fourth-order valence-corrected chi connectivity index (χ4v) is 2.78. The van der Waals surface area contributed by atoms with Crippen LogP contribution in [-0.2, 0) is 19.1 Å². The van der Waals surface area contributed by atoms with Gasteiger partial charge < -0.3 is 5.32 Å². The molecule has 1 N–H and O–H groups in total. The van der Waals surface area contributed by atoms with Gasteiger partial charge in [0.2, 0.25) is 0 Å². The van der Waals surface area contributed by atoms with E-state index in [0.717, 1.165) is 22.9 Å². The van der Waals surface area contributed by atoms with Crippen LogP contribution in [0, 0.1) is 6.92 Å². The summed E-state index contributed by atoms with van der Waals surface area (Å²) in [5.41, 5.74) is 0.725. The number of alkyl halides is 3. The van der Waals surface area contributed by atoms with Crippen LogP contribution in [0.1, 0.15) is 27.8 Å². The van der Waals surface area contributed by atoms with Crippen LogP contribution < -0.4 is 5.32 Å². The molecule has 2 rings (SSSR count). The standard InChI is InChI=1S/C15H16F3NS/c1-3-12-6-7-13(20-12)9-19-14-8-11(15(16,17)18)5-4-10(14)2/h4-8,19H,3,9H2,1-2H3. The molecule has 0 radical (unpaired) electrons. The van der Waals surface area contributed by atoms with Crippen LogP contribution in [0.25, 0.3) is 0 Å². The van der Waals surface area contributed by atoms with Crippen molar-refractivity contribution in [3.8, 4) is 0 Å². The van der Waals surface area contributed by atoms with Crippen LogP contribution in [-0.4, -0.2) is 0 Å². The summed E-state index contributed by atoms with van der Waals surface area (Å²) >= 11 is 1.68. The first kappa shape index (κ1) is 14.9. The third kappa shape index (κ3) is 3.54. The molecule has 0 aliphatic heterocycles. The first-order chi connectivity index (χ1) is 9.40. The highest BCUT2D eigenvalue weighted by molar-refractivity contribution is 7.12. The van der Waals surface area contributed by atoms with Gasteiger partial charge in [0.15, 0.2) is 0 Å². The van der Waals surface area contributed by atoms with Gasteiger partial charge in [0.1, 0.15) is 0 Å². The Morgan fingerprint density at radius 1 is 1.10 bits per heavy atom. The Morgan fingerprint density at radius 2 is 1.80 bits per heavy atom. The number of nitrogens with one attached hydrogen (secondary N) is 1. The van der Waals surface area contributed by atoms with Crippen molar-refractivity contribution in [2.75, 3.05) is 5.32 Å². The van der Waals surface area contributed by atoms with Crippen LogP contribution in [0.15, 0.2) is 30.3 Å². The molecule has 0 aliphatic rings. The second-order valence-electron chi connectivity index (χ2n) is 4.60. The second kappa shape index (κ2) is 5.87. The largest absolute Gasteiger partial charge is 0.416 e. The van der Waals surface area contributed by atoms with Crippen LogP contribution >= 0.6 is 11.3 Å². The third-order valence-electron chi connectivity index (χ3n) is 3.08. The van der Waals surface area contributed by atoms with Crippen LogP contribution in [0.5, 0.6) is 0 Å². The minimum atomic E-state index is -4.30. The summed E-state index contributed by atoms with van der Waals surface area (Å²) in [5, 5.41) is 3.09. The van der Waals surface area contributed by atoms with Gasteiger partial charge >= 0.3 is 6.18 Å². The Hall–Kier alpha value is -1.49.